The van der Waals surface area contributed by atoms with Gasteiger partial charge in [-0.3, -0.25) is 0 Å². The zero-order chi connectivity index (χ0) is 13.3. The average molecular weight is 290 g/mol. The molecular weight excluding hydrogens is 274 g/mol. The second kappa shape index (κ2) is 5.17. The van der Waals surface area contributed by atoms with E-state index in [2.05, 4.69) is 0 Å². The van der Waals surface area contributed by atoms with Gasteiger partial charge in [-0.15, -0.1) is 0 Å². The summed E-state index contributed by atoms with van der Waals surface area (Å²) in [6.45, 7) is 2.14. The molecule has 4 nitrogen and oxygen atoms in total. The molecule has 1 saturated heterocycles. The molecule has 1 aromatic rings. The van der Waals surface area contributed by atoms with Crippen molar-refractivity contribution in [1.29, 1.82) is 0 Å². The maximum absolute atomic E-state index is 12.4. The van der Waals surface area contributed by atoms with Gasteiger partial charge in [0.2, 0.25) is 10.0 Å². The van der Waals surface area contributed by atoms with E-state index in [9.17, 15) is 13.5 Å². The Balaban J connectivity index is 2.38. The Kier molecular flexibility index (Phi) is 3.96. The lowest BCUT2D eigenvalue weighted by Gasteiger charge is -2.22. The van der Waals surface area contributed by atoms with Gasteiger partial charge < -0.3 is 5.11 Å². The molecule has 0 amide bonds. The van der Waals surface area contributed by atoms with Crippen molar-refractivity contribution < 1.29 is 13.5 Å². The van der Waals surface area contributed by atoms with Crippen molar-refractivity contribution >= 4 is 21.6 Å². The average Bonchev–Trinajstić information content (AvgIpc) is 2.81. The zero-order valence-electron chi connectivity index (χ0n) is 10.1. The van der Waals surface area contributed by atoms with E-state index in [1.54, 1.807) is 12.1 Å². The summed E-state index contributed by atoms with van der Waals surface area (Å²) in [5.74, 6) is 0. The van der Waals surface area contributed by atoms with Crippen molar-refractivity contribution in [3.8, 4) is 0 Å². The number of hydrogen-bond acceptors (Lipinski definition) is 3. The van der Waals surface area contributed by atoms with Gasteiger partial charge in [0.05, 0.1) is 11.5 Å². The number of hydrogen-bond donors (Lipinski definition) is 1. The first-order valence-corrected chi connectivity index (χ1v) is 7.67. The van der Waals surface area contributed by atoms with Crippen LogP contribution >= 0.6 is 11.6 Å². The molecule has 2 rings (SSSR count). The van der Waals surface area contributed by atoms with E-state index >= 15 is 0 Å². The second-order valence-electron chi connectivity index (χ2n) is 4.51. The Morgan fingerprint density at radius 3 is 2.83 bits per heavy atom. The fourth-order valence-corrected chi connectivity index (χ4v) is 4.13. The van der Waals surface area contributed by atoms with Crippen LogP contribution in [0.1, 0.15) is 18.4 Å². The van der Waals surface area contributed by atoms with Crippen LogP contribution in [0.3, 0.4) is 0 Å². The predicted molar refractivity (Wildman–Crippen MR) is 70.2 cm³/mol. The van der Waals surface area contributed by atoms with Crippen LogP contribution in [0.4, 0.5) is 0 Å². The summed E-state index contributed by atoms with van der Waals surface area (Å²) in [5.41, 5.74) is 0.843. The maximum Gasteiger partial charge on any atom is 0.243 e. The van der Waals surface area contributed by atoms with Gasteiger partial charge in [0, 0.05) is 17.6 Å². The van der Waals surface area contributed by atoms with Crippen molar-refractivity contribution in [3.63, 3.8) is 0 Å². The summed E-state index contributed by atoms with van der Waals surface area (Å²) in [5, 5.41) is 9.65. The first-order valence-electron chi connectivity index (χ1n) is 5.85. The molecule has 1 fully saturated rings. The number of rotatable bonds is 3. The zero-order valence-corrected chi connectivity index (χ0v) is 11.7. The lowest BCUT2D eigenvalue weighted by Crippen LogP contribution is -2.37. The number of aliphatic hydroxyl groups excluding tert-OH is 1. The monoisotopic (exact) mass is 289 g/mol. The van der Waals surface area contributed by atoms with Crippen LogP contribution in [0.25, 0.3) is 0 Å². The van der Waals surface area contributed by atoms with Crippen LogP contribution in [-0.2, 0) is 10.0 Å². The Morgan fingerprint density at radius 2 is 2.22 bits per heavy atom. The van der Waals surface area contributed by atoms with Crippen LogP contribution in [0.2, 0.25) is 5.02 Å². The van der Waals surface area contributed by atoms with E-state index in [-0.39, 0.29) is 17.5 Å². The van der Waals surface area contributed by atoms with E-state index in [0.717, 1.165) is 12.0 Å². The van der Waals surface area contributed by atoms with Gasteiger partial charge in [-0.25, -0.2) is 8.42 Å². The molecular formula is C12H16ClNO3S. The Bertz CT molecular complexity index is 544. The topological polar surface area (TPSA) is 57.6 Å². The summed E-state index contributed by atoms with van der Waals surface area (Å²) in [7, 11) is -3.55. The molecule has 0 saturated carbocycles. The molecule has 1 aliphatic rings. The van der Waals surface area contributed by atoms with E-state index < -0.39 is 10.0 Å². The van der Waals surface area contributed by atoms with Gasteiger partial charge >= 0.3 is 0 Å². The van der Waals surface area contributed by atoms with Gasteiger partial charge in [-0.1, -0.05) is 17.7 Å². The number of aryl methyl sites for hydroxylation is 1. The second-order valence-corrected chi connectivity index (χ2v) is 6.80. The van der Waals surface area contributed by atoms with E-state index in [1.807, 2.05) is 6.92 Å². The van der Waals surface area contributed by atoms with Crippen molar-refractivity contribution in [2.75, 3.05) is 13.2 Å². The molecule has 0 bridgehead atoms. The SMILES string of the molecule is Cc1ccc(S(=O)(=O)N2CCC[C@@H]2CO)cc1Cl. The summed E-state index contributed by atoms with van der Waals surface area (Å²) in [4.78, 5) is 0.193. The van der Waals surface area contributed by atoms with Crippen LogP contribution in [-0.4, -0.2) is 37.0 Å². The number of sulfonamides is 1. The van der Waals surface area contributed by atoms with Crippen molar-refractivity contribution in [2.45, 2.75) is 30.7 Å². The molecule has 0 unspecified atom stereocenters. The highest BCUT2D eigenvalue weighted by molar-refractivity contribution is 7.89. The molecule has 1 heterocycles. The minimum Gasteiger partial charge on any atom is -0.395 e. The minimum atomic E-state index is -3.55. The Labute approximate surface area is 112 Å². The molecule has 6 heteroatoms. The first-order chi connectivity index (χ1) is 8.46. The number of nitrogens with zero attached hydrogens (tertiary/aromatic N) is 1. The molecule has 0 aliphatic carbocycles. The van der Waals surface area contributed by atoms with Gasteiger partial charge in [0.15, 0.2) is 0 Å². The molecule has 18 heavy (non-hydrogen) atoms. The lowest BCUT2D eigenvalue weighted by atomic mass is 10.2. The third-order valence-electron chi connectivity index (χ3n) is 3.28. The molecule has 0 radical (unpaired) electrons. The third kappa shape index (κ3) is 2.40. The molecule has 1 aliphatic heterocycles. The number of aliphatic hydroxyl groups is 1. The first kappa shape index (κ1) is 13.8. The molecule has 1 N–H and O–H groups in total. The number of benzene rings is 1. The van der Waals surface area contributed by atoms with Crippen LogP contribution in [0, 0.1) is 6.92 Å². The van der Waals surface area contributed by atoms with Crippen LogP contribution < -0.4 is 0 Å². The quantitative estimate of drug-likeness (QED) is 0.923. The fraction of sp³-hybridized carbons (Fsp3) is 0.500. The van der Waals surface area contributed by atoms with Crippen molar-refractivity contribution in [1.82, 2.24) is 4.31 Å². The van der Waals surface area contributed by atoms with Gasteiger partial charge in [0.25, 0.3) is 0 Å². The summed E-state index contributed by atoms with van der Waals surface area (Å²) < 4.78 is 26.2. The molecule has 1 atom stereocenters. The molecule has 0 spiro atoms. The van der Waals surface area contributed by atoms with Crippen LogP contribution in [0.5, 0.6) is 0 Å². The van der Waals surface area contributed by atoms with E-state index in [4.69, 9.17) is 11.6 Å². The highest BCUT2D eigenvalue weighted by Crippen LogP contribution is 2.28. The Morgan fingerprint density at radius 1 is 1.50 bits per heavy atom. The maximum atomic E-state index is 12.4. The van der Waals surface area contributed by atoms with E-state index in [0.29, 0.717) is 18.0 Å². The third-order valence-corrected chi connectivity index (χ3v) is 5.64. The van der Waals surface area contributed by atoms with Gasteiger partial charge in [-0.05, 0) is 37.5 Å². The minimum absolute atomic E-state index is 0.140. The summed E-state index contributed by atoms with van der Waals surface area (Å²) in [6, 6.07) is 4.41. The predicted octanol–water partition coefficient (Wildman–Crippen LogP) is 1.79. The summed E-state index contributed by atoms with van der Waals surface area (Å²) >= 11 is 5.96. The molecule has 100 valence electrons. The largest absolute Gasteiger partial charge is 0.395 e. The lowest BCUT2D eigenvalue weighted by molar-refractivity contribution is 0.213. The van der Waals surface area contributed by atoms with Crippen LogP contribution in [0.15, 0.2) is 23.1 Å². The fourth-order valence-electron chi connectivity index (χ4n) is 2.18. The van der Waals surface area contributed by atoms with Crippen molar-refractivity contribution in [3.05, 3.63) is 28.8 Å². The highest BCUT2D eigenvalue weighted by atomic mass is 35.5. The van der Waals surface area contributed by atoms with Gasteiger partial charge in [-0.2, -0.15) is 4.31 Å². The summed E-state index contributed by atoms with van der Waals surface area (Å²) in [6.07, 6.45) is 1.49. The number of halogens is 1. The normalized spacial score (nSPS) is 21.4. The van der Waals surface area contributed by atoms with Crippen molar-refractivity contribution in [2.24, 2.45) is 0 Å². The molecule has 0 aromatic heterocycles. The smallest absolute Gasteiger partial charge is 0.243 e. The Hall–Kier alpha value is -0.620. The van der Waals surface area contributed by atoms with E-state index in [1.165, 1.54) is 10.4 Å². The van der Waals surface area contributed by atoms with Gasteiger partial charge in [0.1, 0.15) is 0 Å². The standard InChI is InChI=1S/C12H16ClNO3S/c1-9-4-5-11(7-12(9)13)18(16,17)14-6-2-3-10(14)8-15/h4-5,7,10,15H,2-3,6,8H2,1H3/t10-/m1/s1. The highest BCUT2D eigenvalue weighted by Gasteiger charge is 2.34. The molecule has 1 aromatic carbocycles.